The summed E-state index contributed by atoms with van der Waals surface area (Å²) >= 11 is 0. The fourth-order valence-electron chi connectivity index (χ4n) is 3.44. The van der Waals surface area contributed by atoms with Crippen LogP contribution in [0, 0.1) is 0 Å². The number of hydrogen-bond acceptors (Lipinski definition) is 5. The Morgan fingerprint density at radius 2 is 1.66 bits per heavy atom. The third-order valence-corrected chi connectivity index (χ3v) is 7.06. The van der Waals surface area contributed by atoms with Gasteiger partial charge in [0.15, 0.2) is 0 Å². The number of piperazine rings is 1. The Balaban J connectivity index is 1.85. The van der Waals surface area contributed by atoms with Gasteiger partial charge in [0, 0.05) is 46.8 Å². The maximum Gasteiger partial charge on any atom is 0.331 e. The lowest BCUT2D eigenvalue weighted by atomic mass is 10.2. The number of para-hydroxylation sites is 1. The lowest BCUT2D eigenvalue weighted by molar-refractivity contribution is -0.133. The van der Waals surface area contributed by atoms with Crippen molar-refractivity contribution in [2.75, 3.05) is 40.3 Å². The Morgan fingerprint density at radius 3 is 2.24 bits per heavy atom. The molecule has 1 amide bonds. The highest BCUT2D eigenvalue weighted by atomic mass is 32.2. The van der Waals surface area contributed by atoms with Crippen LogP contribution in [0.2, 0.25) is 0 Å². The Morgan fingerprint density at radius 1 is 1.03 bits per heavy atom. The molecule has 1 aromatic carbocycles. The van der Waals surface area contributed by atoms with E-state index in [1.54, 1.807) is 36.1 Å². The average Bonchev–Trinajstić information content (AvgIpc) is 2.71. The van der Waals surface area contributed by atoms with Crippen LogP contribution in [0.15, 0.2) is 33.9 Å². The summed E-state index contributed by atoms with van der Waals surface area (Å²) in [4.78, 5) is 39.7. The average molecular weight is 423 g/mol. The Labute approximate surface area is 168 Å². The number of fused-ring (bicyclic) bond motifs is 1. The van der Waals surface area contributed by atoms with Gasteiger partial charge in [-0.1, -0.05) is 12.1 Å². The van der Waals surface area contributed by atoms with Crippen LogP contribution in [-0.4, -0.2) is 77.2 Å². The summed E-state index contributed by atoms with van der Waals surface area (Å²) in [6.45, 7) is 2.57. The molecule has 2 aromatic rings. The Kier molecular flexibility index (Phi) is 5.92. The first kappa shape index (κ1) is 21.2. The van der Waals surface area contributed by atoms with Gasteiger partial charge in [-0.2, -0.15) is 17.0 Å². The predicted octanol–water partition coefficient (Wildman–Crippen LogP) is -0.866. The van der Waals surface area contributed by atoms with Crippen LogP contribution >= 0.6 is 0 Å². The molecule has 29 heavy (non-hydrogen) atoms. The summed E-state index contributed by atoms with van der Waals surface area (Å²) in [6, 6.07) is 6.70. The first-order chi connectivity index (χ1) is 13.7. The van der Waals surface area contributed by atoms with Crippen LogP contribution in [0.1, 0.15) is 6.92 Å². The zero-order valence-corrected chi connectivity index (χ0v) is 17.6. The second-order valence-electron chi connectivity index (χ2n) is 7.01. The normalized spacial score (nSPS) is 15.9. The largest absolute Gasteiger partial charge is 0.338 e. The molecule has 2 heterocycles. The van der Waals surface area contributed by atoms with E-state index in [0.29, 0.717) is 10.9 Å². The minimum absolute atomic E-state index is 0.191. The second kappa shape index (κ2) is 8.09. The molecule has 1 saturated heterocycles. The molecular formula is C18H25N5O5S. The van der Waals surface area contributed by atoms with Gasteiger partial charge >= 0.3 is 5.69 Å². The van der Waals surface area contributed by atoms with Crippen molar-refractivity contribution in [3.63, 3.8) is 0 Å². The van der Waals surface area contributed by atoms with Gasteiger partial charge in [-0.25, -0.2) is 4.79 Å². The van der Waals surface area contributed by atoms with Crippen LogP contribution in [-0.2, 0) is 28.1 Å². The number of nitrogens with zero attached hydrogens (tertiary/aromatic N) is 5. The second-order valence-corrected chi connectivity index (χ2v) is 9.15. The van der Waals surface area contributed by atoms with E-state index in [1.807, 2.05) is 0 Å². The molecule has 0 unspecified atom stereocenters. The molecule has 0 radical (unpaired) electrons. The van der Waals surface area contributed by atoms with E-state index in [1.165, 1.54) is 23.0 Å². The summed E-state index contributed by atoms with van der Waals surface area (Å²) in [5, 5.41) is 0.378. The lowest BCUT2D eigenvalue weighted by Gasteiger charge is -2.35. The maximum absolute atomic E-state index is 12.8. The molecule has 0 bridgehead atoms. The number of aromatic nitrogens is 2. The number of rotatable bonds is 5. The van der Waals surface area contributed by atoms with Gasteiger partial charge in [0.1, 0.15) is 6.54 Å². The van der Waals surface area contributed by atoms with E-state index in [9.17, 15) is 22.8 Å². The molecule has 158 valence electrons. The van der Waals surface area contributed by atoms with Gasteiger partial charge in [-0.3, -0.25) is 18.7 Å². The Bertz CT molecular complexity index is 1140. The van der Waals surface area contributed by atoms with Crippen LogP contribution in [0.5, 0.6) is 0 Å². The van der Waals surface area contributed by atoms with Crippen molar-refractivity contribution in [2.45, 2.75) is 20.0 Å². The summed E-state index contributed by atoms with van der Waals surface area (Å²) in [6.07, 6.45) is 0. The van der Waals surface area contributed by atoms with Gasteiger partial charge in [0.25, 0.3) is 15.8 Å². The van der Waals surface area contributed by atoms with E-state index in [2.05, 4.69) is 0 Å². The summed E-state index contributed by atoms with van der Waals surface area (Å²) < 4.78 is 29.3. The van der Waals surface area contributed by atoms with Gasteiger partial charge in [-0.15, -0.1) is 0 Å². The van der Waals surface area contributed by atoms with E-state index in [-0.39, 0.29) is 50.7 Å². The van der Waals surface area contributed by atoms with Crippen molar-refractivity contribution in [1.29, 1.82) is 0 Å². The third-order valence-electron chi connectivity index (χ3n) is 5.12. The quantitative estimate of drug-likeness (QED) is 0.622. The van der Waals surface area contributed by atoms with Gasteiger partial charge in [-0.05, 0) is 19.1 Å². The van der Waals surface area contributed by atoms with Crippen LogP contribution in [0.25, 0.3) is 10.9 Å². The molecule has 0 N–H and O–H groups in total. The van der Waals surface area contributed by atoms with Gasteiger partial charge in [0.2, 0.25) is 5.91 Å². The highest BCUT2D eigenvalue weighted by Crippen LogP contribution is 2.12. The molecule has 3 rings (SSSR count). The molecular weight excluding hydrogens is 398 g/mol. The first-order valence-electron chi connectivity index (χ1n) is 9.36. The fraction of sp³-hybridized carbons (Fsp3) is 0.500. The van der Waals surface area contributed by atoms with Crippen molar-refractivity contribution >= 4 is 27.0 Å². The lowest BCUT2D eigenvalue weighted by Crippen LogP contribution is -2.54. The predicted molar refractivity (Wildman–Crippen MR) is 109 cm³/mol. The number of hydrogen-bond donors (Lipinski definition) is 0. The molecule has 1 fully saturated rings. The van der Waals surface area contributed by atoms with Gasteiger partial charge in [0.05, 0.1) is 10.9 Å². The summed E-state index contributed by atoms with van der Waals surface area (Å²) in [7, 11) is -0.591. The fourth-order valence-corrected chi connectivity index (χ4v) is 4.52. The number of carbonyl (C=O) groups excluding carboxylic acids is 1. The minimum Gasteiger partial charge on any atom is -0.338 e. The monoisotopic (exact) mass is 423 g/mol. The highest BCUT2D eigenvalue weighted by molar-refractivity contribution is 7.86. The molecule has 0 spiro atoms. The third kappa shape index (κ3) is 3.85. The molecule has 11 heteroatoms. The van der Waals surface area contributed by atoms with Crippen LogP contribution < -0.4 is 11.2 Å². The number of benzene rings is 1. The van der Waals surface area contributed by atoms with Crippen molar-refractivity contribution in [2.24, 2.45) is 0 Å². The standard InChI is InChI=1S/C18H25N5O5S/c1-4-22-17(25)14-7-5-6-8-15(14)23(18(22)26)13-16(24)20-9-11-21(12-10-20)29(27,28)19(2)3/h5-8H,4,9-13H2,1-3H3. The molecule has 1 aromatic heterocycles. The van der Waals surface area contributed by atoms with Crippen LogP contribution in [0.4, 0.5) is 0 Å². The molecule has 1 aliphatic rings. The van der Waals surface area contributed by atoms with E-state index in [4.69, 9.17) is 0 Å². The molecule has 1 aliphatic heterocycles. The minimum atomic E-state index is -3.52. The van der Waals surface area contributed by atoms with Crippen molar-refractivity contribution in [3.05, 3.63) is 45.1 Å². The number of amides is 1. The molecule has 0 saturated carbocycles. The summed E-state index contributed by atoms with van der Waals surface area (Å²) in [5.74, 6) is -0.291. The van der Waals surface area contributed by atoms with Gasteiger partial charge < -0.3 is 4.90 Å². The zero-order chi connectivity index (χ0) is 21.3. The SMILES string of the molecule is CCn1c(=O)c2ccccc2n(CC(=O)N2CCN(S(=O)(=O)N(C)C)CC2)c1=O. The zero-order valence-electron chi connectivity index (χ0n) is 16.7. The number of carbonyl (C=O) groups is 1. The van der Waals surface area contributed by atoms with Crippen molar-refractivity contribution in [1.82, 2.24) is 22.6 Å². The van der Waals surface area contributed by atoms with Crippen molar-refractivity contribution in [3.8, 4) is 0 Å². The smallest absolute Gasteiger partial charge is 0.331 e. The van der Waals surface area contributed by atoms with E-state index in [0.717, 1.165) is 8.87 Å². The van der Waals surface area contributed by atoms with Crippen LogP contribution in [0.3, 0.4) is 0 Å². The van der Waals surface area contributed by atoms with E-state index >= 15 is 0 Å². The topological polar surface area (TPSA) is 105 Å². The molecule has 10 nitrogen and oxygen atoms in total. The molecule has 0 aliphatic carbocycles. The maximum atomic E-state index is 12.8. The highest BCUT2D eigenvalue weighted by Gasteiger charge is 2.30. The Hall–Kier alpha value is -2.50. The first-order valence-corrected chi connectivity index (χ1v) is 10.8. The molecule has 0 atom stereocenters. The van der Waals surface area contributed by atoms with E-state index < -0.39 is 15.9 Å². The summed E-state index contributed by atoms with van der Waals surface area (Å²) in [5.41, 5.74) is -0.493. The van der Waals surface area contributed by atoms with Crippen molar-refractivity contribution < 1.29 is 13.2 Å².